The molecule has 1 unspecified atom stereocenters. The maximum Gasteiger partial charge on any atom is 0.264 e. The SMILES string of the molecule is Brc1ncc(C2CCCOC2)o1. The van der Waals surface area contributed by atoms with Gasteiger partial charge < -0.3 is 9.15 Å². The minimum absolute atomic E-state index is 0.401. The molecule has 66 valence electrons. The van der Waals surface area contributed by atoms with Crippen LogP contribution in [0.3, 0.4) is 0 Å². The highest BCUT2D eigenvalue weighted by Gasteiger charge is 2.19. The lowest BCUT2D eigenvalue weighted by atomic mass is 10.0. The van der Waals surface area contributed by atoms with Gasteiger partial charge in [0.2, 0.25) is 0 Å². The van der Waals surface area contributed by atoms with Gasteiger partial charge in [0.25, 0.3) is 4.80 Å². The van der Waals surface area contributed by atoms with E-state index in [9.17, 15) is 0 Å². The van der Waals surface area contributed by atoms with E-state index in [0.717, 1.165) is 31.8 Å². The highest BCUT2D eigenvalue weighted by Crippen LogP contribution is 2.26. The normalized spacial score (nSPS) is 24.2. The van der Waals surface area contributed by atoms with Crippen LogP contribution >= 0.6 is 15.9 Å². The van der Waals surface area contributed by atoms with Gasteiger partial charge in [0.15, 0.2) is 0 Å². The molecule has 2 rings (SSSR count). The third-order valence-corrected chi connectivity index (χ3v) is 2.42. The average molecular weight is 232 g/mol. The molecule has 2 heterocycles. The lowest BCUT2D eigenvalue weighted by molar-refractivity contribution is 0.0739. The zero-order chi connectivity index (χ0) is 8.39. The fourth-order valence-corrected chi connectivity index (χ4v) is 1.71. The molecule has 0 amide bonds. The molecular weight excluding hydrogens is 222 g/mol. The number of hydrogen-bond acceptors (Lipinski definition) is 3. The molecule has 12 heavy (non-hydrogen) atoms. The summed E-state index contributed by atoms with van der Waals surface area (Å²) in [5.74, 6) is 1.33. The Bertz CT molecular complexity index is 255. The monoisotopic (exact) mass is 231 g/mol. The van der Waals surface area contributed by atoms with Gasteiger partial charge in [-0.25, -0.2) is 4.98 Å². The van der Waals surface area contributed by atoms with Crippen LogP contribution in [0.2, 0.25) is 0 Å². The first-order valence-electron chi connectivity index (χ1n) is 4.05. The minimum atomic E-state index is 0.401. The number of ether oxygens (including phenoxy) is 1. The zero-order valence-electron chi connectivity index (χ0n) is 6.62. The number of nitrogens with zero attached hydrogens (tertiary/aromatic N) is 1. The Hall–Kier alpha value is -0.350. The molecule has 1 aliphatic heterocycles. The molecule has 1 aliphatic rings. The second-order valence-corrected chi connectivity index (χ2v) is 3.61. The predicted octanol–water partition coefficient (Wildman–Crippen LogP) is 2.33. The van der Waals surface area contributed by atoms with Crippen molar-refractivity contribution in [2.45, 2.75) is 18.8 Å². The topological polar surface area (TPSA) is 35.3 Å². The molecule has 1 atom stereocenters. The highest BCUT2D eigenvalue weighted by atomic mass is 79.9. The summed E-state index contributed by atoms with van der Waals surface area (Å²) in [6.07, 6.45) is 4.02. The maximum atomic E-state index is 5.35. The number of oxazole rings is 1. The molecule has 3 nitrogen and oxygen atoms in total. The van der Waals surface area contributed by atoms with Gasteiger partial charge in [-0.15, -0.1) is 0 Å². The first-order valence-corrected chi connectivity index (χ1v) is 4.84. The van der Waals surface area contributed by atoms with Crippen molar-refractivity contribution in [3.8, 4) is 0 Å². The van der Waals surface area contributed by atoms with Gasteiger partial charge in [0, 0.05) is 28.5 Å². The zero-order valence-corrected chi connectivity index (χ0v) is 8.21. The fraction of sp³-hybridized carbons (Fsp3) is 0.625. The van der Waals surface area contributed by atoms with Gasteiger partial charge in [0.05, 0.1) is 12.8 Å². The van der Waals surface area contributed by atoms with Crippen LogP contribution in [0.5, 0.6) is 0 Å². The van der Waals surface area contributed by atoms with Crippen LogP contribution in [0.25, 0.3) is 0 Å². The highest BCUT2D eigenvalue weighted by molar-refractivity contribution is 9.10. The summed E-state index contributed by atoms with van der Waals surface area (Å²) in [5, 5.41) is 0. The van der Waals surface area contributed by atoms with E-state index in [1.54, 1.807) is 6.20 Å². The average Bonchev–Trinajstić information content (AvgIpc) is 2.54. The Labute approximate surface area is 79.2 Å². The third kappa shape index (κ3) is 1.69. The van der Waals surface area contributed by atoms with Crippen molar-refractivity contribution in [3.05, 3.63) is 16.8 Å². The van der Waals surface area contributed by atoms with Crippen molar-refractivity contribution in [2.75, 3.05) is 13.2 Å². The second kappa shape index (κ2) is 3.58. The molecule has 1 saturated heterocycles. The number of halogens is 1. The van der Waals surface area contributed by atoms with Crippen molar-refractivity contribution in [1.82, 2.24) is 4.98 Å². The van der Waals surface area contributed by atoms with E-state index in [-0.39, 0.29) is 0 Å². The smallest absolute Gasteiger partial charge is 0.264 e. The third-order valence-electron chi connectivity index (χ3n) is 2.06. The van der Waals surface area contributed by atoms with Gasteiger partial charge in [-0.05, 0) is 12.8 Å². The summed E-state index contributed by atoms with van der Waals surface area (Å²) < 4.78 is 10.7. The molecular formula is C8H10BrNO2. The fourth-order valence-electron chi connectivity index (χ4n) is 1.42. The van der Waals surface area contributed by atoms with Crippen LogP contribution in [-0.2, 0) is 4.74 Å². The Morgan fingerprint density at radius 2 is 2.50 bits per heavy atom. The van der Waals surface area contributed by atoms with Crippen molar-refractivity contribution in [3.63, 3.8) is 0 Å². The largest absolute Gasteiger partial charge is 0.436 e. The van der Waals surface area contributed by atoms with Gasteiger partial charge in [-0.1, -0.05) is 0 Å². The molecule has 1 fully saturated rings. The van der Waals surface area contributed by atoms with Crippen LogP contribution in [0.15, 0.2) is 15.4 Å². The van der Waals surface area contributed by atoms with E-state index >= 15 is 0 Å². The molecule has 0 N–H and O–H groups in total. The number of hydrogen-bond donors (Lipinski definition) is 0. The molecule has 1 aromatic heterocycles. The van der Waals surface area contributed by atoms with E-state index in [0.29, 0.717) is 10.7 Å². The van der Waals surface area contributed by atoms with E-state index in [1.165, 1.54) is 0 Å². The van der Waals surface area contributed by atoms with E-state index in [1.807, 2.05) is 0 Å². The summed E-state index contributed by atoms with van der Waals surface area (Å²) in [6, 6.07) is 0. The Balaban J connectivity index is 2.08. The van der Waals surface area contributed by atoms with Gasteiger partial charge in [-0.3, -0.25) is 0 Å². The molecule has 0 aromatic carbocycles. The standard InChI is InChI=1S/C8H10BrNO2/c9-8-10-4-7(12-8)6-2-1-3-11-5-6/h4,6H,1-3,5H2. The predicted molar refractivity (Wildman–Crippen MR) is 47.0 cm³/mol. The summed E-state index contributed by atoms with van der Waals surface area (Å²) in [5.41, 5.74) is 0. The van der Waals surface area contributed by atoms with Crippen LogP contribution < -0.4 is 0 Å². The second-order valence-electron chi connectivity index (χ2n) is 2.93. The first kappa shape index (κ1) is 8.26. The van der Waals surface area contributed by atoms with Crippen LogP contribution in [0, 0.1) is 0 Å². The Morgan fingerprint density at radius 3 is 3.08 bits per heavy atom. The van der Waals surface area contributed by atoms with Gasteiger partial charge in [-0.2, -0.15) is 0 Å². The molecule has 0 aliphatic carbocycles. The minimum Gasteiger partial charge on any atom is -0.436 e. The number of aromatic nitrogens is 1. The van der Waals surface area contributed by atoms with Gasteiger partial charge in [0.1, 0.15) is 5.76 Å². The molecule has 1 aromatic rings. The Kier molecular flexibility index (Phi) is 2.46. The van der Waals surface area contributed by atoms with E-state index < -0.39 is 0 Å². The van der Waals surface area contributed by atoms with Crippen LogP contribution in [0.4, 0.5) is 0 Å². The van der Waals surface area contributed by atoms with Crippen molar-refractivity contribution in [1.29, 1.82) is 0 Å². The summed E-state index contributed by atoms with van der Waals surface area (Å²) in [6.45, 7) is 1.65. The van der Waals surface area contributed by atoms with Crippen molar-refractivity contribution >= 4 is 15.9 Å². The van der Waals surface area contributed by atoms with Gasteiger partial charge >= 0.3 is 0 Å². The summed E-state index contributed by atoms with van der Waals surface area (Å²) >= 11 is 3.18. The van der Waals surface area contributed by atoms with Crippen molar-refractivity contribution < 1.29 is 9.15 Å². The summed E-state index contributed by atoms with van der Waals surface area (Å²) in [7, 11) is 0. The molecule has 0 bridgehead atoms. The number of rotatable bonds is 1. The quantitative estimate of drug-likeness (QED) is 0.745. The molecule has 0 saturated carbocycles. The van der Waals surface area contributed by atoms with Crippen molar-refractivity contribution in [2.24, 2.45) is 0 Å². The Morgan fingerprint density at radius 1 is 1.58 bits per heavy atom. The molecule has 0 radical (unpaired) electrons. The lowest BCUT2D eigenvalue weighted by Gasteiger charge is -2.19. The molecule has 4 heteroatoms. The van der Waals surface area contributed by atoms with Crippen LogP contribution in [0.1, 0.15) is 24.5 Å². The molecule has 0 spiro atoms. The van der Waals surface area contributed by atoms with E-state index in [4.69, 9.17) is 9.15 Å². The van der Waals surface area contributed by atoms with E-state index in [2.05, 4.69) is 20.9 Å². The summed E-state index contributed by atoms with van der Waals surface area (Å²) in [4.78, 5) is 4.54. The van der Waals surface area contributed by atoms with Crippen LogP contribution in [-0.4, -0.2) is 18.2 Å². The first-order chi connectivity index (χ1) is 5.86. The maximum absolute atomic E-state index is 5.35. The lowest BCUT2D eigenvalue weighted by Crippen LogP contribution is -2.14.